The Morgan fingerprint density at radius 1 is 0.633 bits per heavy atom. The summed E-state index contributed by atoms with van der Waals surface area (Å²) >= 11 is 0. The molecular formula is C45H29N3O. The predicted octanol–water partition coefficient (Wildman–Crippen LogP) is 10.2. The fraction of sp³-hybridized carbons (Fsp3) is 0.0444. The van der Waals surface area contributed by atoms with Crippen LogP contribution in [0.5, 0.6) is 0 Å². The lowest BCUT2D eigenvalue weighted by molar-refractivity contribution is 0.810. The number of aromatic nitrogens is 2. The maximum absolute atomic E-state index is 14.7. The molecule has 0 N–H and O–H groups in total. The molecule has 1 atom stereocenters. The average molecular weight is 628 g/mol. The predicted molar refractivity (Wildman–Crippen MR) is 199 cm³/mol. The molecule has 0 radical (unpaired) electrons. The summed E-state index contributed by atoms with van der Waals surface area (Å²) in [5, 5.41) is 13.7. The van der Waals surface area contributed by atoms with Gasteiger partial charge in [0.25, 0.3) is 5.56 Å². The van der Waals surface area contributed by atoms with Crippen LogP contribution in [0.2, 0.25) is 0 Å². The van der Waals surface area contributed by atoms with Crippen LogP contribution in [0.4, 0.5) is 0 Å². The van der Waals surface area contributed by atoms with Crippen molar-refractivity contribution in [2.75, 3.05) is 0 Å². The molecule has 2 aromatic heterocycles. The van der Waals surface area contributed by atoms with Gasteiger partial charge < -0.3 is 0 Å². The van der Waals surface area contributed by atoms with E-state index >= 15 is 0 Å². The molecule has 9 aromatic rings. The number of nitrogens with zero attached hydrogens (tertiary/aromatic N) is 3. The van der Waals surface area contributed by atoms with Gasteiger partial charge in [0.05, 0.1) is 22.7 Å². The minimum absolute atomic E-state index is 0.0843. The lowest BCUT2D eigenvalue weighted by Gasteiger charge is -2.19. The second-order valence-electron chi connectivity index (χ2n) is 12.6. The third-order valence-electron chi connectivity index (χ3n) is 9.78. The van der Waals surface area contributed by atoms with E-state index in [1.54, 1.807) is 4.40 Å². The van der Waals surface area contributed by atoms with Gasteiger partial charge >= 0.3 is 0 Å². The molecular weight excluding hydrogens is 599 g/mol. The van der Waals surface area contributed by atoms with Crippen molar-refractivity contribution in [2.24, 2.45) is 0 Å². The molecule has 0 bridgehead atoms. The van der Waals surface area contributed by atoms with Crippen molar-refractivity contribution in [3.05, 3.63) is 190 Å². The summed E-state index contributed by atoms with van der Waals surface area (Å²) in [6.45, 7) is 0. The van der Waals surface area contributed by atoms with Gasteiger partial charge in [0, 0.05) is 22.1 Å². The molecule has 7 aromatic carbocycles. The summed E-state index contributed by atoms with van der Waals surface area (Å²) < 4.78 is 1.73. The molecule has 4 nitrogen and oxygen atoms in total. The van der Waals surface area contributed by atoms with Crippen LogP contribution < -0.4 is 5.56 Å². The molecule has 9 rings (SSSR count). The zero-order valence-electron chi connectivity index (χ0n) is 26.5. The number of rotatable bonds is 6. The number of pyridine rings is 1. The van der Waals surface area contributed by atoms with Crippen LogP contribution in [-0.4, -0.2) is 9.38 Å². The molecule has 1 unspecified atom stereocenters. The second kappa shape index (κ2) is 11.6. The molecule has 49 heavy (non-hydrogen) atoms. The molecule has 4 heteroatoms. The first kappa shape index (κ1) is 28.6. The SMILES string of the molecule is N#Cc1cc(C(Cc2ccccc2)c2ccccc2)c2nc3c4ccc(-c5ccccc5)c5c(-c6ccccc6)ccc(c(=O)n3c2c1)c54. The molecule has 0 amide bonds. The molecule has 0 saturated carbocycles. The molecule has 0 saturated heterocycles. The zero-order valence-corrected chi connectivity index (χ0v) is 26.5. The monoisotopic (exact) mass is 627 g/mol. The molecule has 2 heterocycles. The Kier molecular flexibility index (Phi) is 6.78. The van der Waals surface area contributed by atoms with Crippen LogP contribution >= 0.6 is 0 Å². The highest BCUT2D eigenvalue weighted by Crippen LogP contribution is 2.42. The lowest BCUT2D eigenvalue weighted by atomic mass is 9.84. The van der Waals surface area contributed by atoms with Crippen LogP contribution in [0.25, 0.3) is 60.5 Å². The Morgan fingerprint density at radius 3 is 1.82 bits per heavy atom. The summed E-state index contributed by atoms with van der Waals surface area (Å²) in [6.07, 6.45) is 0.724. The lowest BCUT2D eigenvalue weighted by Crippen LogP contribution is -2.14. The Morgan fingerprint density at radius 2 is 1.20 bits per heavy atom. The minimum Gasteiger partial charge on any atom is -0.268 e. The quantitative estimate of drug-likeness (QED) is 0.184. The highest BCUT2D eigenvalue weighted by atomic mass is 16.1. The smallest absolute Gasteiger partial charge is 0.264 e. The fourth-order valence-electron chi connectivity index (χ4n) is 7.56. The topological polar surface area (TPSA) is 58.2 Å². The number of hydrogen-bond donors (Lipinski definition) is 0. The number of fused-ring (bicyclic) bond motifs is 4. The molecule has 0 aliphatic heterocycles. The first-order valence-corrected chi connectivity index (χ1v) is 16.5. The van der Waals surface area contributed by atoms with Gasteiger partial charge in [0.1, 0.15) is 5.65 Å². The third-order valence-corrected chi connectivity index (χ3v) is 9.78. The molecule has 0 fully saturated rings. The molecule has 0 aliphatic rings. The zero-order chi connectivity index (χ0) is 32.9. The summed E-state index contributed by atoms with van der Waals surface area (Å²) in [4.78, 5) is 20.1. The van der Waals surface area contributed by atoms with E-state index < -0.39 is 0 Å². The maximum atomic E-state index is 14.7. The largest absolute Gasteiger partial charge is 0.268 e. The van der Waals surface area contributed by atoms with Crippen LogP contribution in [0.15, 0.2) is 163 Å². The van der Waals surface area contributed by atoms with Crippen LogP contribution in [-0.2, 0) is 6.42 Å². The van der Waals surface area contributed by atoms with Crippen LogP contribution in [0, 0.1) is 11.3 Å². The fourth-order valence-corrected chi connectivity index (χ4v) is 7.56. The van der Waals surface area contributed by atoms with E-state index in [1.165, 1.54) is 5.56 Å². The Labute approximate surface area is 283 Å². The van der Waals surface area contributed by atoms with Crippen molar-refractivity contribution < 1.29 is 0 Å². The average Bonchev–Trinajstić information content (AvgIpc) is 3.57. The van der Waals surface area contributed by atoms with E-state index in [4.69, 9.17) is 4.98 Å². The van der Waals surface area contributed by atoms with E-state index in [-0.39, 0.29) is 11.5 Å². The number of benzene rings is 7. The van der Waals surface area contributed by atoms with Crippen molar-refractivity contribution in [1.82, 2.24) is 9.38 Å². The van der Waals surface area contributed by atoms with Gasteiger partial charge in [-0.3, -0.25) is 9.20 Å². The Bertz CT molecular complexity index is 2700. The van der Waals surface area contributed by atoms with Crippen molar-refractivity contribution in [1.29, 1.82) is 5.26 Å². The van der Waals surface area contributed by atoms with Gasteiger partial charge in [-0.1, -0.05) is 133 Å². The van der Waals surface area contributed by atoms with E-state index in [0.717, 1.165) is 61.5 Å². The number of nitriles is 1. The highest BCUT2D eigenvalue weighted by Gasteiger charge is 2.25. The summed E-state index contributed by atoms with van der Waals surface area (Å²) in [5.41, 5.74) is 9.91. The van der Waals surface area contributed by atoms with E-state index in [1.807, 2.05) is 78.9 Å². The summed E-state index contributed by atoms with van der Waals surface area (Å²) in [6, 6.07) is 55.9. The first-order chi connectivity index (χ1) is 24.2. The van der Waals surface area contributed by atoms with Crippen LogP contribution in [0.3, 0.4) is 0 Å². The van der Waals surface area contributed by atoms with Gasteiger partial charge in [-0.2, -0.15) is 5.26 Å². The van der Waals surface area contributed by atoms with Crippen LogP contribution in [0.1, 0.15) is 28.2 Å². The van der Waals surface area contributed by atoms with Gasteiger partial charge in [-0.05, 0) is 75.0 Å². The van der Waals surface area contributed by atoms with Crippen molar-refractivity contribution in [2.45, 2.75) is 12.3 Å². The van der Waals surface area contributed by atoms with E-state index in [2.05, 4.69) is 84.9 Å². The van der Waals surface area contributed by atoms with Gasteiger partial charge in [-0.15, -0.1) is 0 Å². The van der Waals surface area contributed by atoms with E-state index in [9.17, 15) is 10.1 Å². The highest BCUT2D eigenvalue weighted by molar-refractivity contribution is 6.23. The standard InChI is InChI=1S/C45H29N3O/c46-28-30-26-39(38(33-19-11-4-12-20-33)25-29-13-5-1-6-14-29)43-40(27-30)48-44(47-43)36-23-21-34(31-15-7-2-8-16-31)41-35(32-17-9-3-10-18-32)22-24-37(42(36)41)45(48)49/h1-24,26-27,38H,25H2. The third kappa shape index (κ3) is 4.67. The van der Waals surface area contributed by atoms with Gasteiger partial charge in [-0.25, -0.2) is 4.98 Å². The summed E-state index contributed by atoms with van der Waals surface area (Å²) in [7, 11) is 0. The minimum atomic E-state index is -0.139. The Balaban J connectivity index is 1.40. The number of imidazole rings is 1. The normalized spacial score (nSPS) is 12.1. The van der Waals surface area contributed by atoms with Crippen molar-refractivity contribution in [3.8, 4) is 28.3 Å². The van der Waals surface area contributed by atoms with Gasteiger partial charge in [0.2, 0.25) is 0 Å². The second-order valence-corrected chi connectivity index (χ2v) is 12.6. The number of hydrogen-bond acceptors (Lipinski definition) is 3. The van der Waals surface area contributed by atoms with Crippen molar-refractivity contribution in [3.63, 3.8) is 0 Å². The van der Waals surface area contributed by atoms with Gasteiger partial charge in [0.15, 0.2) is 0 Å². The molecule has 0 aliphatic carbocycles. The van der Waals surface area contributed by atoms with Crippen molar-refractivity contribution >= 4 is 38.2 Å². The first-order valence-electron chi connectivity index (χ1n) is 16.5. The molecule has 230 valence electrons. The Hall–Kier alpha value is -6.57. The summed E-state index contributed by atoms with van der Waals surface area (Å²) in [5.74, 6) is -0.0843. The maximum Gasteiger partial charge on any atom is 0.264 e. The molecule has 0 spiro atoms. The van der Waals surface area contributed by atoms with E-state index in [0.29, 0.717) is 22.1 Å².